The summed E-state index contributed by atoms with van der Waals surface area (Å²) in [5, 5.41) is 6.03. The Morgan fingerprint density at radius 1 is 1.31 bits per heavy atom. The number of hydrogen-bond donors (Lipinski definition) is 2. The molecule has 0 bridgehead atoms. The van der Waals surface area contributed by atoms with Crippen LogP contribution in [0.3, 0.4) is 0 Å². The number of aromatic nitrogens is 1. The van der Waals surface area contributed by atoms with Crippen LogP contribution in [-0.4, -0.2) is 49.1 Å². The third-order valence-electron chi connectivity index (χ3n) is 4.29. The third-order valence-corrected chi connectivity index (χ3v) is 5.44. The quantitative estimate of drug-likeness (QED) is 0.855. The maximum Gasteiger partial charge on any atom is 0.317 e. The minimum absolute atomic E-state index is 0.0728. The lowest BCUT2D eigenvalue weighted by molar-refractivity contribution is 0.0950. The monoisotopic (exact) mass is 374 g/mol. The summed E-state index contributed by atoms with van der Waals surface area (Å²) >= 11 is 1.41. The number of benzene rings is 1. The van der Waals surface area contributed by atoms with Gasteiger partial charge in [-0.3, -0.25) is 4.79 Å². The number of nitrogens with one attached hydrogen (secondary N) is 2. The molecule has 8 heteroatoms. The van der Waals surface area contributed by atoms with Gasteiger partial charge in [0.15, 0.2) is 5.01 Å². The summed E-state index contributed by atoms with van der Waals surface area (Å²) in [5.74, 6) is 0.590. The van der Waals surface area contributed by atoms with Gasteiger partial charge >= 0.3 is 6.03 Å². The second-order valence-electron chi connectivity index (χ2n) is 5.97. The van der Waals surface area contributed by atoms with Crippen LogP contribution in [0.4, 0.5) is 4.79 Å². The van der Waals surface area contributed by atoms with Crippen molar-refractivity contribution < 1.29 is 14.3 Å². The van der Waals surface area contributed by atoms with E-state index in [9.17, 15) is 9.59 Å². The van der Waals surface area contributed by atoms with Crippen LogP contribution in [0.25, 0.3) is 0 Å². The van der Waals surface area contributed by atoms with Crippen molar-refractivity contribution in [3.8, 4) is 5.75 Å². The number of methoxy groups -OCH3 is 1. The molecule has 138 valence electrons. The topological polar surface area (TPSA) is 83.6 Å². The summed E-state index contributed by atoms with van der Waals surface area (Å²) in [6, 6.07) is 7.52. The van der Waals surface area contributed by atoms with Crippen molar-refractivity contribution in [2.45, 2.75) is 19.4 Å². The first-order chi connectivity index (χ1) is 12.6. The highest BCUT2D eigenvalue weighted by atomic mass is 32.1. The molecule has 0 atom stereocenters. The molecule has 0 fully saturated rings. The van der Waals surface area contributed by atoms with Gasteiger partial charge in [0, 0.05) is 44.4 Å². The lowest BCUT2D eigenvalue weighted by Crippen LogP contribution is -2.39. The van der Waals surface area contributed by atoms with Crippen molar-refractivity contribution >= 4 is 23.3 Å². The van der Waals surface area contributed by atoms with Crippen LogP contribution in [0.5, 0.6) is 5.75 Å². The second kappa shape index (κ2) is 8.18. The van der Waals surface area contributed by atoms with Gasteiger partial charge < -0.3 is 20.3 Å². The summed E-state index contributed by atoms with van der Waals surface area (Å²) in [6.45, 7) is 1.67. The maximum atomic E-state index is 12.4. The Labute approximate surface area is 156 Å². The van der Waals surface area contributed by atoms with Gasteiger partial charge in [-0.05, 0) is 17.7 Å². The highest BCUT2D eigenvalue weighted by molar-refractivity contribution is 7.13. The Kier molecular flexibility index (Phi) is 5.72. The number of fused-ring (bicyclic) bond motifs is 1. The number of carbonyl (C=O) groups excluding carboxylic acids is 2. The average molecular weight is 374 g/mol. The van der Waals surface area contributed by atoms with Crippen LogP contribution < -0.4 is 15.4 Å². The number of urea groups is 1. The standard InChI is InChI=1S/C18H22N4O3S/c1-19-18(24)22-8-6-14-15(7-9-22)26-17(21-14)16(23)20-11-12-4-3-5-13(10-12)25-2/h3-5,10H,6-9,11H2,1-2H3,(H,19,24)(H,20,23). The minimum Gasteiger partial charge on any atom is -0.497 e. The van der Waals surface area contributed by atoms with Crippen LogP contribution in [0.2, 0.25) is 0 Å². The molecular weight excluding hydrogens is 352 g/mol. The summed E-state index contributed by atoms with van der Waals surface area (Å²) in [4.78, 5) is 31.5. The smallest absolute Gasteiger partial charge is 0.317 e. The average Bonchev–Trinajstić information content (AvgIpc) is 2.99. The summed E-state index contributed by atoms with van der Waals surface area (Å²) < 4.78 is 5.19. The Balaban J connectivity index is 1.61. The van der Waals surface area contributed by atoms with Crippen LogP contribution in [0.1, 0.15) is 25.9 Å². The molecule has 1 aliphatic heterocycles. The zero-order valence-corrected chi connectivity index (χ0v) is 15.7. The van der Waals surface area contributed by atoms with Gasteiger partial charge in [-0.1, -0.05) is 12.1 Å². The fourth-order valence-corrected chi connectivity index (χ4v) is 3.87. The van der Waals surface area contributed by atoms with Crippen molar-refractivity contribution in [3.05, 3.63) is 45.4 Å². The number of nitrogens with zero attached hydrogens (tertiary/aromatic N) is 2. The van der Waals surface area contributed by atoms with Crippen molar-refractivity contribution in [1.82, 2.24) is 20.5 Å². The molecule has 3 rings (SSSR count). The number of thiazole rings is 1. The molecule has 0 radical (unpaired) electrons. The van der Waals surface area contributed by atoms with Gasteiger partial charge in [0.2, 0.25) is 0 Å². The maximum absolute atomic E-state index is 12.4. The van der Waals surface area contributed by atoms with Crippen molar-refractivity contribution in [3.63, 3.8) is 0 Å². The molecule has 0 aliphatic carbocycles. The van der Waals surface area contributed by atoms with Gasteiger partial charge in [-0.15, -0.1) is 11.3 Å². The van der Waals surface area contributed by atoms with Gasteiger partial charge in [0.25, 0.3) is 5.91 Å². The van der Waals surface area contributed by atoms with Gasteiger partial charge in [0.05, 0.1) is 12.8 Å². The number of carbonyl (C=O) groups is 2. The Morgan fingerprint density at radius 3 is 2.88 bits per heavy atom. The van der Waals surface area contributed by atoms with Gasteiger partial charge in [-0.25, -0.2) is 9.78 Å². The number of hydrogen-bond acceptors (Lipinski definition) is 5. The van der Waals surface area contributed by atoms with Gasteiger partial charge in [0.1, 0.15) is 5.75 Å². The number of rotatable bonds is 4. The Bertz CT molecular complexity index is 780. The molecule has 26 heavy (non-hydrogen) atoms. The summed E-state index contributed by atoms with van der Waals surface area (Å²) in [6.07, 6.45) is 1.39. The van der Waals surface area contributed by atoms with E-state index in [-0.39, 0.29) is 11.9 Å². The summed E-state index contributed by atoms with van der Waals surface area (Å²) in [5.41, 5.74) is 1.89. The molecular formula is C18H22N4O3S. The first kappa shape index (κ1) is 18.2. The molecule has 1 aromatic heterocycles. The predicted molar refractivity (Wildman–Crippen MR) is 99.7 cm³/mol. The molecule has 0 saturated carbocycles. The molecule has 0 unspecified atom stereocenters. The van der Waals surface area contributed by atoms with Crippen molar-refractivity contribution in [2.24, 2.45) is 0 Å². The lowest BCUT2D eigenvalue weighted by Gasteiger charge is -2.19. The highest BCUT2D eigenvalue weighted by Crippen LogP contribution is 2.23. The predicted octanol–water partition coefficient (Wildman–Crippen LogP) is 1.82. The van der Waals surface area contributed by atoms with Crippen LogP contribution in [0, 0.1) is 0 Å². The molecule has 2 N–H and O–H groups in total. The molecule has 3 amide bonds. The SMILES string of the molecule is CNC(=O)N1CCc2nc(C(=O)NCc3cccc(OC)c3)sc2CC1. The Hall–Kier alpha value is -2.61. The fraction of sp³-hybridized carbons (Fsp3) is 0.389. The van der Waals surface area contributed by atoms with Crippen LogP contribution in [-0.2, 0) is 19.4 Å². The number of ether oxygens (including phenoxy) is 1. The lowest BCUT2D eigenvalue weighted by atomic mass is 10.2. The van der Waals surface area contributed by atoms with E-state index in [2.05, 4.69) is 15.6 Å². The molecule has 7 nitrogen and oxygen atoms in total. The van der Waals surface area contributed by atoms with E-state index in [0.29, 0.717) is 31.1 Å². The van der Waals surface area contributed by atoms with E-state index in [1.165, 1.54) is 11.3 Å². The molecule has 2 aromatic rings. The van der Waals surface area contributed by atoms with Crippen molar-refractivity contribution in [1.29, 1.82) is 0 Å². The van der Waals surface area contributed by atoms with Crippen molar-refractivity contribution in [2.75, 3.05) is 27.2 Å². The largest absolute Gasteiger partial charge is 0.497 e. The molecule has 2 heterocycles. The second-order valence-corrected chi connectivity index (χ2v) is 7.05. The first-order valence-electron chi connectivity index (χ1n) is 8.47. The first-order valence-corrected chi connectivity index (χ1v) is 9.28. The van der Waals surface area contributed by atoms with E-state index >= 15 is 0 Å². The molecule has 0 spiro atoms. The normalized spacial score (nSPS) is 13.5. The minimum atomic E-state index is -0.172. The third kappa shape index (κ3) is 4.13. The fourth-order valence-electron chi connectivity index (χ4n) is 2.86. The zero-order valence-electron chi connectivity index (χ0n) is 14.9. The zero-order chi connectivity index (χ0) is 18.5. The molecule has 0 saturated heterocycles. The van der Waals surface area contributed by atoms with E-state index in [1.807, 2.05) is 24.3 Å². The van der Waals surface area contributed by atoms with Gasteiger partial charge in [-0.2, -0.15) is 0 Å². The highest BCUT2D eigenvalue weighted by Gasteiger charge is 2.22. The van der Waals surface area contributed by atoms with E-state index in [1.54, 1.807) is 19.1 Å². The molecule has 1 aliphatic rings. The van der Waals surface area contributed by atoms with E-state index in [0.717, 1.165) is 28.3 Å². The van der Waals surface area contributed by atoms with Crippen LogP contribution >= 0.6 is 11.3 Å². The number of amides is 3. The van der Waals surface area contributed by atoms with E-state index < -0.39 is 0 Å². The van der Waals surface area contributed by atoms with E-state index in [4.69, 9.17) is 4.74 Å². The summed E-state index contributed by atoms with van der Waals surface area (Å²) in [7, 11) is 3.25. The van der Waals surface area contributed by atoms with Crippen LogP contribution in [0.15, 0.2) is 24.3 Å². The molecule has 1 aromatic carbocycles. The Morgan fingerprint density at radius 2 is 2.12 bits per heavy atom.